The van der Waals surface area contributed by atoms with Crippen LogP contribution in [-0.4, -0.2) is 28.2 Å². The van der Waals surface area contributed by atoms with Gasteiger partial charge in [0.1, 0.15) is 5.56 Å². The number of hydrogen-bond acceptors (Lipinski definition) is 6. The van der Waals surface area contributed by atoms with Gasteiger partial charge in [-0.3, -0.25) is 20.2 Å². The number of benzene rings is 2. The van der Waals surface area contributed by atoms with Crippen molar-refractivity contribution in [1.29, 1.82) is 0 Å². The van der Waals surface area contributed by atoms with Crippen LogP contribution in [0.1, 0.15) is 16.7 Å². The van der Waals surface area contributed by atoms with Gasteiger partial charge in [0.2, 0.25) is 5.90 Å². The third kappa shape index (κ3) is 2.99. The zero-order valence-electron chi connectivity index (χ0n) is 13.7. The molecule has 0 bridgehead atoms. The first kappa shape index (κ1) is 17.8. The van der Waals surface area contributed by atoms with Crippen LogP contribution in [0.25, 0.3) is 0 Å². The number of ether oxygens (including phenoxy) is 1. The van der Waals surface area contributed by atoms with E-state index in [-0.39, 0.29) is 40.8 Å². The lowest BCUT2D eigenvalue weighted by molar-refractivity contribution is -0.395. The average molecular weight is 376 g/mol. The molecular weight excluding hydrogens is 362 g/mol. The van der Waals surface area contributed by atoms with E-state index in [4.69, 9.17) is 16.3 Å². The van der Waals surface area contributed by atoms with Gasteiger partial charge in [-0.1, -0.05) is 30.3 Å². The summed E-state index contributed by atoms with van der Waals surface area (Å²) in [6.45, 7) is 1.55. The summed E-state index contributed by atoms with van der Waals surface area (Å²) in [6, 6.07) is 11.7. The lowest BCUT2D eigenvalue weighted by Crippen LogP contribution is -2.32. The molecule has 3 rings (SSSR count). The molecule has 2 aromatic rings. The molecule has 1 aliphatic heterocycles. The lowest BCUT2D eigenvalue weighted by Gasteiger charge is -2.26. The summed E-state index contributed by atoms with van der Waals surface area (Å²) in [7, 11) is 0. The number of nitro benzene ring substituents is 2. The van der Waals surface area contributed by atoms with Crippen LogP contribution in [0.2, 0.25) is 0 Å². The standard InChI is InChI=1S/C17H14ClN3O5/c1-11-14(20(22)23)7-12(8-15(11)21(24)25)16-19-10-17(9-18,26-16)13-5-3-2-4-6-13/h2-8H,9-10H2,1H3/t17-/m0/s1. The Morgan fingerprint density at radius 2 is 1.73 bits per heavy atom. The molecule has 0 N–H and O–H groups in total. The molecule has 0 unspecified atom stereocenters. The number of hydrogen-bond donors (Lipinski definition) is 0. The second kappa shape index (κ2) is 6.72. The minimum absolute atomic E-state index is 0.0194. The van der Waals surface area contributed by atoms with Crippen molar-refractivity contribution in [2.24, 2.45) is 4.99 Å². The zero-order chi connectivity index (χ0) is 18.9. The van der Waals surface area contributed by atoms with E-state index >= 15 is 0 Å². The van der Waals surface area contributed by atoms with Gasteiger partial charge >= 0.3 is 0 Å². The maximum atomic E-state index is 11.2. The number of halogens is 1. The van der Waals surface area contributed by atoms with Crippen LogP contribution >= 0.6 is 11.6 Å². The first-order chi connectivity index (χ1) is 12.4. The van der Waals surface area contributed by atoms with E-state index in [1.54, 1.807) is 0 Å². The quantitative estimate of drug-likeness (QED) is 0.449. The van der Waals surface area contributed by atoms with Gasteiger partial charge in [-0.2, -0.15) is 0 Å². The Morgan fingerprint density at radius 1 is 1.15 bits per heavy atom. The number of alkyl halides is 1. The minimum atomic E-state index is -0.910. The normalized spacial score (nSPS) is 18.9. The molecule has 0 aromatic heterocycles. The number of nitro groups is 2. The fourth-order valence-electron chi connectivity index (χ4n) is 2.82. The van der Waals surface area contributed by atoms with E-state index in [1.807, 2.05) is 30.3 Å². The molecule has 1 atom stereocenters. The fraction of sp³-hybridized carbons (Fsp3) is 0.235. The molecule has 0 spiro atoms. The SMILES string of the molecule is Cc1c([N+](=O)[O-])cc(C2=NC[C@@](CCl)(c3ccccc3)O2)cc1[N+](=O)[O-]. The van der Waals surface area contributed by atoms with Gasteiger partial charge in [0.05, 0.1) is 22.3 Å². The maximum absolute atomic E-state index is 11.2. The number of nitrogens with zero attached hydrogens (tertiary/aromatic N) is 3. The summed E-state index contributed by atoms with van der Waals surface area (Å²) < 4.78 is 5.95. The topological polar surface area (TPSA) is 108 Å². The summed E-state index contributed by atoms with van der Waals surface area (Å²) in [5.41, 5.74) is -0.657. The van der Waals surface area contributed by atoms with Gasteiger partial charge in [0.25, 0.3) is 11.4 Å². The van der Waals surface area contributed by atoms with Crippen molar-refractivity contribution >= 4 is 28.9 Å². The van der Waals surface area contributed by atoms with Gasteiger partial charge in [0, 0.05) is 17.7 Å². The second-order valence-electron chi connectivity index (χ2n) is 5.87. The van der Waals surface area contributed by atoms with Crippen LogP contribution in [0.15, 0.2) is 47.5 Å². The molecule has 1 heterocycles. The predicted octanol–water partition coefficient (Wildman–Crippen LogP) is 3.72. The molecule has 2 aromatic carbocycles. The monoisotopic (exact) mass is 375 g/mol. The van der Waals surface area contributed by atoms with Crippen LogP contribution in [-0.2, 0) is 10.3 Å². The van der Waals surface area contributed by atoms with Gasteiger partial charge in [-0.25, -0.2) is 4.99 Å². The van der Waals surface area contributed by atoms with Crippen molar-refractivity contribution in [2.45, 2.75) is 12.5 Å². The molecule has 8 nitrogen and oxygen atoms in total. The first-order valence-electron chi connectivity index (χ1n) is 7.67. The Morgan fingerprint density at radius 3 is 2.23 bits per heavy atom. The molecule has 134 valence electrons. The molecule has 26 heavy (non-hydrogen) atoms. The summed E-state index contributed by atoms with van der Waals surface area (Å²) in [5, 5.41) is 22.5. The van der Waals surface area contributed by atoms with Crippen LogP contribution in [0.5, 0.6) is 0 Å². The van der Waals surface area contributed by atoms with E-state index in [2.05, 4.69) is 4.99 Å². The summed E-state index contributed by atoms with van der Waals surface area (Å²) in [5.74, 6) is 0.209. The van der Waals surface area contributed by atoms with Crippen LogP contribution in [0, 0.1) is 27.2 Å². The van der Waals surface area contributed by atoms with E-state index in [9.17, 15) is 20.2 Å². The summed E-state index contributed by atoms with van der Waals surface area (Å²) >= 11 is 6.13. The molecule has 0 radical (unpaired) electrons. The molecule has 0 fully saturated rings. The van der Waals surface area contributed by atoms with Crippen molar-refractivity contribution in [3.8, 4) is 0 Å². The van der Waals surface area contributed by atoms with E-state index in [0.717, 1.165) is 5.56 Å². The van der Waals surface area contributed by atoms with Crippen LogP contribution < -0.4 is 0 Å². The second-order valence-corrected chi connectivity index (χ2v) is 6.14. The number of rotatable bonds is 5. The van der Waals surface area contributed by atoms with Crippen LogP contribution in [0.4, 0.5) is 11.4 Å². The Labute approximate surface area is 153 Å². The summed E-state index contributed by atoms with van der Waals surface area (Å²) in [6.07, 6.45) is 0. The summed E-state index contributed by atoms with van der Waals surface area (Å²) in [4.78, 5) is 25.5. The highest BCUT2D eigenvalue weighted by Gasteiger charge is 2.40. The minimum Gasteiger partial charge on any atom is -0.463 e. The van der Waals surface area contributed by atoms with Gasteiger partial charge in [-0.05, 0) is 12.5 Å². The maximum Gasteiger partial charge on any atom is 0.279 e. The third-order valence-electron chi connectivity index (χ3n) is 4.28. The van der Waals surface area contributed by atoms with Gasteiger partial charge in [0.15, 0.2) is 5.60 Å². The smallest absolute Gasteiger partial charge is 0.279 e. The predicted molar refractivity (Wildman–Crippen MR) is 95.8 cm³/mol. The highest BCUT2D eigenvalue weighted by atomic mass is 35.5. The van der Waals surface area contributed by atoms with E-state index in [0.29, 0.717) is 0 Å². The molecule has 0 amide bonds. The van der Waals surface area contributed by atoms with E-state index in [1.165, 1.54) is 19.1 Å². The lowest BCUT2D eigenvalue weighted by atomic mass is 9.96. The molecule has 0 saturated carbocycles. The largest absolute Gasteiger partial charge is 0.463 e. The zero-order valence-corrected chi connectivity index (χ0v) is 14.5. The fourth-order valence-corrected chi connectivity index (χ4v) is 3.12. The van der Waals surface area contributed by atoms with E-state index < -0.39 is 15.4 Å². The molecule has 0 saturated heterocycles. The van der Waals surface area contributed by atoms with Crippen LogP contribution in [0.3, 0.4) is 0 Å². The van der Waals surface area contributed by atoms with Crippen molar-refractivity contribution in [3.05, 3.63) is 79.4 Å². The van der Waals surface area contributed by atoms with Crippen molar-refractivity contribution in [2.75, 3.05) is 12.4 Å². The Hall–Kier alpha value is -3.00. The average Bonchev–Trinajstić information content (AvgIpc) is 3.08. The Balaban J connectivity index is 2.03. The first-order valence-corrected chi connectivity index (χ1v) is 8.20. The Bertz CT molecular complexity index is 881. The van der Waals surface area contributed by atoms with Gasteiger partial charge in [-0.15, -0.1) is 11.6 Å². The Kier molecular flexibility index (Phi) is 4.60. The highest BCUT2D eigenvalue weighted by molar-refractivity contribution is 6.19. The molecule has 0 aliphatic carbocycles. The molecule has 1 aliphatic rings. The molecule has 9 heteroatoms. The molecular formula is C17H14ClN3O5. The van der Waals surface area contributed by atoms with Crippen molar-refractivity contribution < 1.29 is 14.6 Å². The third-order valence-corrected chi connectivity index (χ3v) is 4.71. The van der Waals surface area contributed by atoms with Crippen molar-refractivity contribution in [1.82, 2.24) is 0 Å². The van der Waals surface area contributed by atoms with Gasteiger partial charge < -0.3 is 4.74 Å². The van der Waals surface area contributed by atoms with Crippen molar-refractivity contribution in [3.63, 3.8) is 0 Å². The number of aliphatic imine (C=N–C) groups is 1. The highest BCUT2D eigenvalue weighted by Crippen LogP contribution is 2.36.